The van der Waals surface area contributed by atoms with Crippen LogP contribution in [-0.2, 0) is 17.6 Å². The van der Waals surface area contributed by atoms with E-state index in [9.17, 15) is 9.18 Å². The van der Waals surface area contributed by atoms with Crippen LogP contribution in [0.4, 0.5) is 15.8 Å². The van der Waals surface area contributed by atoms with Gasteiger partial charge in [0.15, 0.2) is 0 Å². The maximum absolute atomic E-state index is 14.0. The summed E-state index contributed by atoms with van der Waals surface area (Å²) in [6, 6.07) is 9.63. The number of halogens is 1. The zero-order chi connectivity index (χ0) is 23.4. The van der Waals surface area contributed by atoms with E-state index in [1.54, 1.807) is 30.3 Å². The number of rotatable bonds is 4. The van der Waals surface area contributed by atoms with Crippen LogP contribution in [0.3, 0.4) is 0 Å². The van der Waals surface area contributed by atoms with Crippen molar-refractivity contribution in [3.63, 3.8) is 0 Å². The average molecular weight is 400 g/mol. The fourth-order valence-corrected chi connectivity index (χ4v) is 4.31. The number of piperazine rings is 1. The molecule has 5 rings (SSSR count). The third kappa shape index (κ3) is 3.57. The number of carbonyl (C=O) groups is 1. The zero-order valence-electron chi connectivity index (χ0n) is 20.2. The summed E-state index contributed by atoms with van der Waals surface area (Å²) < 4.78 is 52.3. The molecule has 0 spiro atoms. The Morgan fingerprint density at radius 3 is 2.72 bits per heavy atom. The first-order valence-corrected chi connectivity index (χ1v) is 10.0. The van der Waals surface area contributed by atoms with Gasteiger partial charge >= 0.3 is 0 Å². The third-order valence-corrected chi connectivity index (χ3v) is 5.86. The normalized spacial score (nSPS) is 24.7. The first-order valence-electron chi connectivity index (χ1n) is 12.0. The van der Waals surface area contributed by atoms with Crippen molar-refractivity contribution >= 4 is 17.3 Å². The minimum absolute atomic E-state index is 0.196. The van der Waals surface area contributed by atoms with Crippen LogP contribution in [0.25, 0.3) is 0 Å². The van der Waals surface area contributed by atoms with Crippen molar-refractivity contribution < 1.29 is 19.4 Å². The molecule has 152 valence electrons. The molecule has 1 amide bonds. The molecule has 0 unspecified atom stereocenters. The largest absolute Gasteiger partial charge is 0.493 e. The SMILES string of the molecule is [2H]C1([2H])C(=O)N(CCN2CCN(c3cc(F)cc4c3CCO4)CC2)c2ccccc2C1([2H])[2H]. The molecular weight excluding hydrogens is 369 g/mol. The van der Waals surface area contributed by atoms with Crippen molar-refractivity contribution in [2.24, 2.45) is 0 Å². The molecule has 6 heteroatoms. The number of fused-ring (bicyclic) bond motifs is 2. The maximum Gasteiger partial charge on any atom is 0.227 e. The van der Waals surface area contributed by atoms with Crippen LogP contribution in [-0.4, -0.2) is 56.7 Å². The van der Waals surface area contributed by atoms with Crippen LogP contribution >= 0.6 is 0 Å². The summed E-state index contributed by atoms with van der Waals surface area (Å²) in [6.07, 6.45) is -4.26. The minimum Gasteiger partial charge on any atom is -0.493 e. The number of amides is 1. The highest BCUT2D eigenvalue weighted by molar-refractivity contribution is 5.96. The summed E-state index contributed by atoms with van der Waals surface area (Å²) in [5.41, 5.74) is 2.56. The molecule has 3 heterocycles. The highest BCUT2D eigenvalue weighted by Crippen LogP contribution is 2.35. The quantitative estimate of drug-likeness (QED) is 0.792. The van der Waals surface area contributed by atoms with Gasteiger partial charge in [-0.25, -0.2) is 4.39 Å². The molecule has 1 saturated heterocycles. The second kappa shape index (κ2) is 7.67. The van der Waals surface area contributed by atoms with Crippen molar-refractivity contribution in [2.75, 3.05) is 55.7 Å². The predicted molar refractivity (Wildman–Crippen MR) is 111 cm³/mol. The second-order valence-electron chi connectivity index (χ2n) is 7.55. The molecule has 0 N–H and O–H groups in total. The topological polar surface area (TPSA) is 36.0 Å². The molecule has 29 heavy (non-hydrogen) atoms. The number of benzene rings is 2. The van der Waals surface area contributed by atoms with Crippen LogP contribution in [0.2, 0.25) is 0 Å². The van der Waals surface area contributed by atoms with E-state index in [1.165, 1.54) is 11.0 Å². The van der Waals surface area contributed by atoms with Gasteiger partial charge in [0.1, 0.15) is 11.6 Å². The Morgan fingerprint density at radius 2 is 1.86 bits per heavy atom. The van der Waals surface area contributed by atoms with Crippen molar-refractivity contribution in [1.29, 1.82) is 0 Å². The molecule has 0 aliphatic carbocycles. The van der Waals surface area contributed by atoms with Gasteiger partial charge in [0.2, 0.25) is 5.91 Å². The van der Waals surface area contributed by atoms with Gasteiger partial charge in [-0.15, -0.1) is 0 Å². The molecule has 3 aliphatic heterocycles. The number of nitrogens with zero attached hydrogens (tertiary/aromatic N) is 3. The Balaban J connectivity index is 1.27. The lowest BCUT2D eigenvalue weighted by atomic mass is 10.0. The zero-order valence-corrected chi connectivity index (χ0v) is 16.2. The Morgan fingerprint density at radius 1 is 1.03 bits per heavy atom. The minimum atomic E-state index is -2.64. The lowest BCUT2D eigenvalue weighted by molar-refractivity contribution is -0.118. The van der Waals surface area contributed by atoms with Gasteiger partial charge in [-0.05, 0) is 24.1 Å². The van der Waals surface area contributed by atoms with E-state index in [4.69, 9.17) is 10.2 Å². The molecule has 0 saturated carbocycles. The highest BCUT2D eigenvalue weighted by Gasteiger charge is 2.27. The molecule has 5 nitrogen and oxygen atoms in total. The van der Waals surface area contributed by atoms with Crippen LogP contribution in [0.1, 0.15) is 23.0 Å². The number of hydrogen-bond acceptors (Lipinski definition) is 4. The third-order valence-electron chi connectivity index (χ3n) is 5.86. The van der Waals surface area contributed by atoms with Crippen LogP contribution in [0, 0.1) is 5.82 Å². The molecule has 0 bridgehead atoms. The van der Waals surface area contributed by atoms with E-state index < -0.39 is 18.7 Å². The van der Waals surface area contributed by atoms with E-state index in [0.29, 0.717) is 37.7 Å². The van der Waals surface area contributed by atoms with Gasteiger partial charge in [0.25, 0.3) is 0 Å². The van der Waals surface area contributed by atoms with Crippen molar-refractivity contribution in [3.05, 3.63) is 53.3 Å². The molecule has 0 radical (unpaired) electrons. The molecule has 2 aromatic rings. The summed E-state index contributed by atoms with van der Waals surface area (Å²) in [7, 11) is 0. The summed E-state index contributed by atoms with van der Waals surface area (Å²) in [4.78, 5) is 18.7. The number of aryl methyl sites for hydroxylation is 1. The number of anilines is 2. The second-order valence-corrected chi connectivity index (χ2v) is 7.55. The number of hydrogen-bond donors (Lipinski definition) is 0. The lowest BCUT2D eigenvalue weighted by Crippen LogP contribution is -2.49. The van der Waals surface area contributed by atoms with Crippen LogP contribution in [0.15, 0.2) is 36.4 Å². The molecular formula is C23H26FN3O2. The van der Waals surface area contributed by atoms with Crippen molar-refractivity contribution in [3.8, 4) is 5.75 Å². The van der Waals surface area contributed by atoms with Crippen molar-refractivity contribution in [1.82, 2.24) is 4.90 Å². The van der Waals surface area contributed by atoms with Crippen LogP contribution < -0.4 is 14.5 Å². The Kier molecular flexibility index (Phi) is 3.81. The molecule has 2 aromatic carbocycles. The predicted octanol–water partition coefficient (Wildman–Crippen LogP) is 2.86. The summed E-state index contributed by atoms with van der Waals surface area (Å²) in [5, 5.41) is 0. The fourth-order valence-electron chi connectivity index (χ4n) is 4.31. The number of para-hydroxylation sites is 1. The number of carbonyl (C=O) groups excluding carboxylic acids is 1. The lowest BCUT2D eigenvalue weighted by Gasteiger charge is -2.38. The van der Waals surface area contributed by atoms with E-state index >= 15 is 0 Å². The van der Waals surface area contributed by atoms with Gasteiger partial charge in [0, 0.05) is 80.5 Å². The van der Waals surface area contributed by atoms with Gasteiger partial charge in [-0.2, -0.15) is 0 Å². The van der Waals surface area contributed by atoms with E-state index in [2.05, 4.69) is 9.80 Å². The van der Waals surface area contributed by atoms with Crippen LogP contribution in [0.5, 0.6) is 5.75 Å². The van der Waals surface area contributed by atoms with Gasteiger partial charge in [-0.1, -0.05) is 18.2 Å². The van der Waals surface area contributed by atoms with E-state index in [0.717, 1.165) is 30.8 Å². The first kappa shape index (κ1) is 14.4. The van der Waals surface area contributed by atoms with Crippen molar-refractivity contribution in [2.45, 2.75) is 19.2 Å². The highest BCUT2D eigenvalue weighted by atomic mass is 19.1. The summed E-state index contributed by atoms with van der Waals surface area (Å²) in [6.45, 7) is 4.26. The fraction of sp³-hybridized carbons (Fsp3) is 0.435. The monoisotopic (exact) mass is 399 g/mol. The molecule has 3 aliphatic rings. The Hall–Kier alpha value is -2.60. The standard InChI is InChI=1S/C23H26FN3O2/c24-18-15-21(19-7-14-29-22(19)16-18)26-11-8-25(9-12-26)10-13-27-20-4-2-1-3-17(20)5-6-23(27)28/h1-4,15-16H,5-14H2/i5D2,6D2. The molecule has 0 aromatic heterocycles. The summed E-state index contributed by atoms with van der Waals surface area (Å²) in [5.74, 6) is -0.520. The maximum atomic E-state index is 14.0. The molecule has 0 atom stereocenters. The average Bonchev–Trinajstić information content (AvgIpc) is 3.26. The van der Waals surface area contributed by atoms with E-state index in [1.807, 2.05) is 0 Å². The first-order chi connectivity index (χ1) is 15.7. The summed E-state index contributed by atoms with van der Waals surface area (Å²) >= 11 is 0. The van der Waals surface area contributed by atoms with E-state index in [-0.39, 0.29) is 17.9 Å². The van der Waals surface area contributed by atoms with Gasteiger partial charge in [-0.3, -0.25) is 9.69 Å². The Labute approximate surface area is 176 Å². The number of ether oxygens (including phenoxy) is 1. The Bertz CT molecular complexity index is 1090. The van der Waals surface area contributed by atoms with Gasteiger partial charge < -0.3 is 14.5 Å². The van der Waals surface area contributed by atoms with Gasteiger partial charge in [0.05, 0.1) is 6.61 Å². The molecule has 1 fully saturated rings. The smallest absolute Gasteiger partial charge is 0.227 e.